The molecule has 0 aromatic heterocycles. The van der Waals surface area contributed by atoms with E-state index >= 15 is 0 Å². The average Bonchev–Trinajstić information content (AvgIpc) is 3.38. The van der Waals surface area contributed by atoms with Crippen LogP contribution in [0.15, 0.2) is 30.3 Å². The average molecular weight is 461 g/mol. The van der Waals surface area contributed by atoms with E-state index in [0.717, 1.165) is 50.8 Å². The van der Waals surface area contributed by atoms with E-state index in [0.29, 0.717) is 0 Å². The van der Waals surface area contributed by atoms with Crippen LogP contribution in [0.2, 0.25) is 0 Å². The summed E-state index contributed by atoms with van der Waals surface area (Å²) in [7, 11) is 0. The topological polar surface area (TPSA) is 69.7 Å². The van der Waals surface area contributed by atoms with Gasteiger partial charge in [0.25, 0.3) is 0 Å². The van der Waals surface area contributed by atoms with Gasteiger partial charge >= 0.3 is 0 Å². The van der Waals surface area contributed by atoms with E-state index in [9.17, 15) is 10.2 Å². The van der Waals surface area contributed by atoms with Crippen molar-refractivity contribution in [3.8, 4) is 0 Å². The third-order valence-electron chi connectivity index (χ3n) is 7.55. The molecule has 33 heavy (non-hydrogen) atoms. The number of aliphatic hydroxyl groups is 2. The van der Waals surface area contributed by atoms with Crippen molar-refractivity contribution >= 4 is 0 Å². The fourth-order valence-corrected chi connectivity index (χ4v) is 5.35. The van der Waals surface area contributed by atoms with E-state index in [1.54, 1.807) is 0 Å². The zero-order valence-corrected chi connectivity index (χ0v) is 21.4. The molecule has 3 atom stereocenters. The number of hydrogen-bond acceptors (Lipinski definition) is 4. The van der Waals surface area contributed by atoms with Crippen molar-refractivity contribution in [2.45, 2.75) is 128 Å². The van der Waals surface area contributed by atoms with E-state index in [1.165, 1.54) is 77.0 Å². The molecule has 1 aliphatic rings. The summed E-state index contributed by atoms with van der Waals surface area (Å²) < 4.78 is 0. The van der Waals surface area contributed by atoms with E-state index in [-0.39, 0.29) is 5.92 Å². The fraction of sp³-hybridized carbons (Fsp3) is 0.793. The van der Waals surface area contributed by atoms with Crippen LogP contribution >= 0.6 is 0 Å². The highest BCUT2D eigenvalue weighted by molar-refractivity contribution is 5.19. The SMILES string of the molecule is CCCCCCCCCCCCCCCCC(C(O)c1ccccc1)C(N)(O)N1CCCC1. The third kappa shape index (κ3) is 10.5. The zero-order valence-electron chi connectivity index (χ0n) is 21.4. The number of hydrogen-bond donors (Lipinski definition) is 3. The Balaban J connectivity index is 1.64. The van der Waals surface area contributed by atoms with Crippen molar-refractivity contribution < 1.29 is 10.2 Å². The van der Waals surface area contributed by atoms with Gasteiger partial charge in [-0.3, -0.25) is 10.6 Å². The van der Waals surface area contributed by atoms with Gasteiger partial charge in [-0.25, -0.2) is 0 Å². The predicted molar refractivity (Wildman–Crippen MR) is 140 cm³/mol. The molecule has 4 heteroatoms. The molecule has 0 amide bonds. The number of unbranched alkanes of at least 4 members (excludes halogenated alkanes) is 13. The van der Waals surface area contributed by atoms with E-state index in [1.807, 2.05) is 35.2 Å². The molecule has 1 aliphatic heterocycles. The van der Waals surface area contributed by atoms with Crippen molar-refractivity contribution in [1.29, 1.82) is 0 Å². The Morgan fingerprint density at radius 3 is 1.73 bits per heavy atom. The molecule has 0 aliphatic carbocycles. The largest absolute Gasteiger partial charge is 0.388 e. The summed E-state index contributed by atoms with van der Waals surface area (Å²) in [5, 5.41) is 22.4. The number of benzene rings is 1. The molecule has 0 spiro atoms. The molecule has 1 aromatic rings. The summed E-state index contributed by atoms with van der Waals surface area (Å²) in [4.78, 5) is 1.97. The van der Waals surface area contributed by atoms with Crippen LogP contribution in [0.5, 0.6) is 0 Å². The minimum absolute atomic E-state index is 0.379. The standard InChI is InChI=1S/C29H52N2O2/c1-2-3-4-5-6-7-8-9-10-11-12-13-14-18-23-27(28(32)26-21-16-15-17-22-26)29(30,33)31-24-19-20-25-31/h15-17,21-22,27-28,32-33H,2-14,18-20,23-25,30H2,1H3. The van der Waals surface area contributed by atoms with Crippen molar-refractivity contribution in [2.75, 3.05) is 13.1 Å². The second-order valence-electron chi connectivity index (χ2n) is 10.3. The summed E-state index contributed by atoms with van der Waals surface area (Å²) in [6.07, 6.45) is 20.7. The number of rotatable bonds is 19. The second kappa shape index (κ2) is 16.6. The maximum Gasteiger partial charge on any atom is 0.177 e. The van der Waals surface area contributed by atoms with Gasteiger partial charge in [0.05, 0.1) is 6.10 Å². The molecule has 3 unspecified atom stereocenters. The smallest absolute Gasteiger partial charge is 0.177 e. The van der Waals surface area contributed by atoms with Crippen molar-refractivity contribution in [3.63, 3.8) is 0 Å². The number of likely N-dealkylation sites (tertiary alicyclic amines) is 1. The number of nitrogens with zero attached hydrogens (tertiary/aromatic N) is 1. The quantitative estimate of drug-likeness (QED) is 0.155. The van der Waals surface area contributed by atoms with Crippen LogP contribution in [-0.2, 0) is 0 Å². The van der Waals surface area contributed by atoms with E-state index < -0.39 is 12.0 Å². The first-order valence-corrected chi connectivity index (χ1v) is 14.1. The van der Waals surface area contributed by atoms with Crippen molar-refractivity contribution in [2.24, 2.45) is 11.7 Å². The Bertz CT molecular complexity index is 587. The first-order valence-electron chi connectivity index (χ1n) is 14.1. The second-order valence-corrected chi connectivity index (χ2v) is 10.3. The highest BCUT2D eigenvalue weighted by Crippen LogP contribution is 2.36. The van der Waals surface area contributed by atoms with Gasteiger partial charge in [0.2, 0.25) is 0 Å². The van der Waals surface area contributed by atoms with Gasteiger partial charge in [-0.1, -0.05) is 127 Å². The Morgan fingerprint density at radius 2 is 1.24 bits per heavy atom. The maximum atomic E-state index is 11.3. The lowest BCUT2D eigenvalue weighted by Gasteiger charge is -2.42. The van der Waals surface area contributed by atoms with Crippen LogP contribution in [0.1, 0.15) is 128 Å². The van der Waals surface area contributed by atoms with Gasteiger partial charge in [0.15, 0.2) is 5.85 Å². The summed E-state index contributed by atoms with van der Waals surface area (Å²) in [6.45, 7) is 3.90. The molecule has 1 aromatic carbocycles. The monoisotopic (exact) mass is 460 g/mol. The van der Waals surface area contributed by atoms with Gasteiger partial charge in [0.1, 0.15) is 0 Å². The molecule has 0 saturated carbocycles. The molecule has 1 saturated heterocycles. The molecule has 1 heterocycles. The lowest BCUT2D eigenvalue weighted by Crippen LogP contribution is -2.61. The van der Waals surface area contributed by atoms with Gasteiger partial charge in [-0.2, -0.15) is 0 Å². The summed E-state index contributed by atoms with van der Waals surface area (Å²) in [5.41, 5.74) is 7.32. The number of nitrogens with two attached hydrogens (primary N) is 1. The Morgan fingerprint density at radius 1 is 0.788 bits per heavy atom. The Labute approximate surface area is 204 Å². The molecule has 1 fully saturated rings. The lowest BCUT2D eigenvalue weighted by molar-refractivity contribution is -0.168. The molecule has 4 nitrogen and oxygen atoms in total. The van der Waals surface area contributed by atoms with Crippen LogP contribution in [-0.4, -0.2) is 34.1 Å². The van der Waals surface area contributed by atoms with Gasteiger partial charge in [0, 0.05) is 19.0 Å². The normalized spacial score (nSPS) is 18.3. The van der Waals surface area contributed by atoms with Gasteiger partial charge in [-0.15, -0.1) is 0 Å². The maximum absolute atomic E-state index is 11.3. The van der Waals surface area contributed by atoms with Crippen molar-refractivity contribution in [3.05, 3.63) is 35.9 Å². The molecular weight excluding hydrogens is 408 g/mol. The molecule has 4 N–H and O–H groups in total. The van der Waals surface area contributed by atoms with Crippen LogP contribution in [0.25, 0.3) is 0 Å². The van der Waals surface area contributed by atoms with E-state index in [2.05, 4.69) is 6.92 Å². The number of aliphatic hydroxyl groups excluding tert-OH is 1. The first-order chi connectivity index (χ1) is 16.1. The van der Waals surface area contributed by atoms with Gasteiger partial charge in [-0.05, 0) is 24.8 Å². The van der Waals surface area contributed by atoms with Gasteiger partial charge < -0.3 is 10.2 Å². The Hall–Kier alpha value is -0.940. The molecule has 0 bridgehead atoms. The van der Waals surface area contributed by atoms with Crippen LogP contribution in [0.3, 0.4) is 0 Å². The highest BCUT2D eigenvalue weighted by Gasteiger charge is 2.43. The third-order valence-corrected chi connectivity index (χ3v) is 7.55. The van der Waals surface area contributed by atoms with Crippen LogP contribution in [0.4, 0.5) is 0 Å². The predicted octanol–water partition coefficient (Wildman–Crippen LogP) is 6.91. The zero-order chi connectivity index (χ0) is 23.8. The van der Waals surface area contributed by atoms with Crippen LogP contribution < -0.4 is 5.73 Å². The van der Waals surface area contributed by atoms with Crippen LogP contribution in [0, 0.1) is 5.92 Å². The Kier molecular flexibility index (Phi) is 14.3. The molecule has 190 valence electrons. The lowest BCUT2D eigenvalue weighted by atomic mass is 9.85. The molecule has 0 radical (unpaired) electrons. The van der Waals surface area contributed by atoms with Crippen molar-refractivity contribution in [1.82, 2.24) is 4.90 Å². The summed E-state index contributed by atoms with van der Waals surface area (Å²) in [6, 6.07) is 9.70. The fourth-order valence-electron chi connectivity index (χ4n) is 5.35. The summed E-state index contributed by atoms with van der Waals surface area (Å²) >= 11 is 0. The summed E-state index contributed by atoms with van der Waals surface area (Å²) in [5.74, 6) is -1.84. The minimum Gasteiger partial charge on any atom is -0.388 e. The van der Waals surface area contributed by atoms with E-state index in [4.69, 9.17) is 5.73 Å². The first kappa shape index (κ1) is 28.3. The highest BCUT2D eigenvalue weighted by atomic mass is 16.3. The minimum atomic E-state index is -1.46. The molecule has 2 rings (SSSR count). The molecular formula is C29H52N2O2.